The summed E-state index contributed by atoms with van der Waals surface area (Å²) in [5, 5.41) is 10.6. The van der Waals surface area contributed by atoms with Crippen LogP contribution < -0.4 is 0 Å². The molecule has 3 aromatic carbocycles. The third-order valence-corrected chi connectivity index (χ3v) is 7.65. The summed E-state index contributed by atoms with van der Waals surface area (Å²) in [6.45, 7) is 1.84. The molecule has 1 aliphatic rings. The summed E-state index contributed by atoms with van der Waals surface area (Å²) >= 11 is 8.45. The second-order valence-electron chi connectivity index (χ2n) is 8.42. The van der Waals surface area contributed by atoms with Gasteiger partial charge in [-0.25, -0.2) is 9.37 Å². The quantitative estimate of drug-likeness (QED) is 0.289. The van der Waals surface area contributed by atoms with E-state index in [2.05, 4.69) is 29.2 Å². The Bertz CT molecular complexity index is 1270. The van der Waals surface area contributed by atoms with Gasteiger partial charge in [0.2, 0.25) is 0 Å². The molecule has 0 amide bonds. The highest BCUT2D eigenvalue weighted by Crippen LogP contribution is 2.38. The van der Waals surface area contributed by atoms with Crippen LogP contribution in [0.25, 0.3) is 22.2 Å². The number of aryl methyl sites for hydroxylation is 1. The fraction of sp³-hybridized carbons (Fsp3) is 0.269. The van der Waals surface area contributed by atoms with Gasteiger partial charge in [-0.2, -0.15) is 0 Å². The van der Waals surface area contributed by atoms with Crippen molar-refractivity contribution in [3.05, 3.63) is 82.4 Å². The number of thioether (sulfide) groups is 1. The number of aromatic nitrogens is 2. The molecule has 0 aliphatic heterocycles. The summed E-state index contributed by atoms with van der Waals surface area (Å²) in [6, 6.07) is 16.8. The van der Waals surface area contributed by atoms with Gasteiger partial charge in [0.1, 0.15) is 11.6 Å². The molecule has 0 bridgehead atoms. The minimum atomic E-state index is -0.319. The van der Waals surface area contributed by atoms with Crippen molar-refractivity contribution in [1.82, 2.24) is 9.97 Å². The van der Waals surface area contributed by atoms with Crippen molar-refractivity contribution in [2.24, 2.45) is 5.92 Å². The van der Waals surface area contributed by atoms with E-state index in [4.69, 9.17) is 16.6 Å². The van der Waals surface area contributed by atoms with Gasteiger partial charge < -0.3 is 10.1 Å². The fourth-order valence-electron chi connectivity index (χ4n) is 4.10. The van der Waals surface area contributed by atoms with Crippen LogP contribution >= 0.6 is 23.4 Å². The fourth-order valence-corrected chi connectivity index (χ4v) is 5.54. The second kappa shape index (κ2) is 8.89. The molecule has 1 heterocycles. The maximum atomic E-state index is 14.5. The first-order valence-corrected chi connectivity index (χ1v) is 12.2. The maximum absolute atomic E-state index is 14.5. The number of aliphatic hydroxyl groups is 1. The van der Waals surface area contributed by atoms with Gasteiger partial charge in [0.05, 0.1) is 28.6 Å². The van der Waals surface area contributed by atoms with Crippen molar-refractivity contribution in [3.8, 4) is 11.1 Å². The summed E-state index contributed by atoms with van der Waals surface area (Å²) in [6.07, 6.45) is 2.71. The molecule has 1 aliphatic carbocycles. The van der Waals surface area contributed by atoms with Gasteiger partial charge in [0.15, 0.2) is 0 Å². The van der Waals surface area contributed by atoms with Gasteiger partial charge in [-0.05, 0) is 61.1 Å². The topological polar surface area (TPSA) is 48.9 Å². The largest absolute Gasteiger partial charge is 0.395 e. The molecule has 6 heteroatoms. The van der Waals surface area contributed by atoms with E-state index in [-0.39, 0.29) is 18.3 Å². The number of hydrogen-bond donors (Lipinski definition) is 2. The molecule has 5 rings (SSSR count). The molecule has 0 spiro atoms. The molecule has 32 heavy (non-hydrogen) atoms. The summed E-state index contributed by atoms with van der Waals surface area (Å²) in [7, 11) is 0. The molecule has 1 saturated carbocycles. The smallest absolute Gasteiger partial charge is 0.131 e. The summed E-state index contributed by atoms with van der Waals surface area (Å²) in [5.74, 6) is 2.13. The zero-order chi connectivity index (χ0) is 22.2. The van der Waals surface area contributed by atoms with Crippen LogP contribution in [0.4, 0.5) is 4.39 Å². The third-order valence-electron chi connectivity index (χ3n) is 6.11. The second-order valence-corrected chi connectivity index (χ2v) is 9.92. The van der Waals surface area contributed by atoms with Gasteiger partial charge in [-0.15, -0.1) is 11.8 Å². The van der Waals surface area contributed by atoms with Gasteiger partial charge in [-0.1, -0.05) is 41.9 Å². The first-order valence-electron chi connectivity index (χ1n) is 10.8. The van der Waals surface area contributed by atoms with Crippen molar-refractivity contribution in [2.45, 2.75) is 30.6 Å². The van der Waals surface area contributed by atoms with E-state index in [1.807, 2.05) is 18.7 Å². The number of H-pyrrole nitrogens is 1. The Balaban J connectivity index is 1.49. The van der Waals surface area contributed by atoms with Crippen LogP contribution in [0.3, 0.4) is 0 Å². The molecule has 4 aromatic rings. The zero-order valence-electron chi connectivity index (χ0n) is 17.7. The monoisotopic (exact) mass is 466 g/mol. The lowest BCUT2D eigenvalue weighted by Gasteiger charge is -2.12. The number of aliphatic hydroxyl groups excluding tert-OH is 1. The number of halogens is 2. The van der Waals surface area contributed by atoms with Gasteiger partial charge in [0.25, 0.3) is 0 Å². The number of aromatic amines is 1. The number of rotatable bonds is 7. The highest BCUT2D eigenvalue weighted by Gasteiger charge is 2.23. The third kappa shape index (κ3) is 4.17. The van der Waals surface area contributed by atoms with Crippen LogP contribution in [0.1, 0.15) is 35.7 Å². The van der Waals surface area contributed by atoms with Gasteiger partial charge >= 0.3 is 0 Å². The van der Waals surface area contributed by atoms with Crippen LogP contribution in [-0.4, -0.2) is 27.4 Å². The molecule has 2 N–H and O–H groups in total. The number of fused-ring (bicyclic) bond motifs is 1. The molecule has 1 fully saturated rings. The predicted octanol–water partition coefficient (Wildman–Crippen LogP) is 6.96. The Kier molecular flexibility index (Phi) is 5.97. The molecule has 1 atom stereocenters. The summed E-state index contributed by atoms with van der Waals surface area (Å²) in [4.78, 5) is 9.38. The summed E-state index contributed by atoms with van der Waals surface area (Å²) < 4.78 is 14.5. The van der Waals surface area contributed by atoms with Crippen molar-refractivity contribution in [1.29, 1.82) is 0 Å². The number of nitrogens with zero attached hydrogens (tertiary/aromatic N) is 1. The Morgan fingerprint density at radius 3 is 2.62 bits per heavy atom. The van der Waals surface area contributed by atoms with E-state index in [9.17, 15) is 9.50 Å². The first-order chi connectivity index (χ1) is 15.5. The molecular formula is C26H24ClFN2OS. The number of hydrogen-bond acceptors (Lipinski definition) is 3. The lowest BCUT2D eigenvalue weighted by atomic mass is 9.98. The number of nitrogens with one attached hydrogen (secondary N) is 1. The Morgan fingerprint density at radius 2 is 1.94 bits per heavy atom. The average molecular weight is 467 g/mol. The van der Waals surface area contributed by atoms with E-state index < -0.39 is 0 Å². The number of benzene rings is 3. The minimum Gasteiger partial charge on any atom is -0.395 e. The Morgan fingerprint density at radius 1 is 1.19 bits per heavy atom. The number of imidazole rings is 1. The summed E-state index contributed by atoms with van der Waals surface area (Å²) in [5.41, 5.74) is 4.42. The van der Waals surface area contributed by atoms with Crippen molar-refractivity contribution < 1.29 is 9.50 Å². The standard InChI is InChI=1S/C26H24ClFN2OS/c1-15-24(19-4-2-3-5-22(19)28)21(27)12-23-25(15)30-26(29-23)20(13-31)17-8-10-18(11-9-17)32-14-16-6-7-16/h2-5,8-12,16,20,31H,6-7,13-14H2,1H3,(H,29,30). The Hall–Kier alpha value is -2.34. The molecule has 0 saturated heterocycles. The molecule has 164 valence electrons. The Labute approximate surface area is 196 Å². The van der Waals surface area contributed by atoms with Gasteiger partial charge in [0, 0.05) is 21.8 Å². The maximum Gasteiger partial charge on any atom is 0.131 e. The van der Waals surface area contributed by atoms with Crippen LogP contribution in [0.5, 0.6) is 0 Å². The molecule has 1 unspecified atom stereocenters. The van der Waals surface area contributed by atoms with Crippen LogP contribution in [0.15, 0.2) is 59.5 Å². The molecule has 1 aromatic heterocycles. The van der Waals surface area contributed by atoms with Crippen molar-refractivity contribution >= 4 is 34.4 Å². The first kappa shape index (κ1) is 21.5. The highest BCUT2D eigenvalue weighted by molar-refractivity contribution is 7.99. The van der Waals surface area contributed by atoms with E-state index in [0.717, 1.165) is 28.1 Å². The van der Waals surface area contributed by atoms with Gasteiger partial charge in [-0.3, -0.25) is 0 Å². The molecule has 3 nitrogen and oxygen atoms in total. The molecular weight excluding hydrogens is 443 g/mol. The van der Waals surface area contributed by atoms with E-state index in [1.54, 1.807) is 24.3 Å². The van der Waals surface area contributed by atoms with Crippen LogP contribution in [0, 0.1) is 18.7 Å². The molecule has 0 radical (unpaired) electrons. The average Bonchev–Trinajstić information content (AvgIpc) is 3.53. The van der Waals surface area contributed by atoms with Crippen molar-refractivity contribution in [3.63, 3.8) is 0 Å². The zero-order valence-corrected chi connectivity index (χ0v) is 19.3. The van der Waals surface area contributed by atoms with Crippen LogP contribution in [-0.2, 0) is 0 Å². The van der Waals surface area contributed by atoms with Crippen LogP contribution in [0.2, 0.25) is 5.02 Å². The SMILES string of the molecule is Cc1c(-c2ccccc2F)c(Cl)cc2[nH]c(C(CO)c3ccc(SCC4CC4)cc3)nc12. The van der Waals surface area contributed by atoms with Crippen molar-refractivity contribution in [2.75, 3.05) is 12.4 Å². The highest BCUT2D eigenvalue weighted by atomic mass is 35.5. The minimum absolute atomic E-state index is 0.0681. The normalized spacial score (nSPS) is 14.8. The lowest BCUT2D eigenvalue weighted by molar-refractivity contribution is 0.277. The lowest BCUT2D eigenvalue weighted by Crippen LogP contribution is -2.08. The van der Waals surface area contributed by atoms with E-state index in [1.165, 1.54) is 29.6 Å². The van der Waals surface area contributed by atoms with E-state index >= 15 is 0 Å². The van der Waals surface area contributed by atoms with E-state index in [0.29, 0.717) is 22.0 Å². The predicted molar refractivity (Wildman–Crippen MR) is 130 cm³/mol.